The first kappa shape index (κ1) is 19.2. The Morgan fingerprint density at radius 1 is 0.966 bits per heavy atom. The van der Waals surface area contributed by atoms with Crippen molar-refractivity contribution in [2.75, 3.05) is 19.8 Å². The van der Waals surface area contributed by atoms with E-state index < -0.39 is 0 Å². The number of ether oxygens (including phenoxy) is 2. The highest BCUT2D eigenvalue weighted by Gasteiger charge is 2.21. The molecule has 1 aliphatic heterocycles. The highest BCUT2D eigenvalue weighted by molar-refractivity contribution is 5.48. The first-order valence-corrected chi connectivity index (χ1v) is 9.91. The van der Waals surface area contributed by atoms with Crippen LogP contribution in [0.15, 0.2) is 47.3 Å². The number of nitrogens with zero attached hydrogens (tertiary/aromatic N) is 5. The van der Waals surface area contributed by atoms with Crippen molar-refractivity contribution in [2.24, 2.45) is 0 Å². The number of hydrogen-bond donors (Lipinski definition) is 0. The molecule has 0 saturated heterocycles. The Hall–Kier alpha value is -3.13. The number of aromatic nitrogens is 4. The van der Waals surface area contributed by atoms with E-state index in [0.717, 1.165) is 24.5 Å². The van der Waals surface area contributed by atoms with E-state index >= 15 is 0 Å². The number of tetrazole rings is 1. The van der Waals surface area contributed by atoms with Crippen LogP contribution < -0.4 is 15.2 Å². The Morgan fingerprint density at radius 2 is 1.66 bits per heavy atom. The van der Waals surface area contributed by atoms with Gasteiger partial charge >= 0.3 is 5.69 Å². The molecule has 152 valence electrons. The molecule has 4 rings (SSSR count). The predicted molar refractivity (Wildman–Crippen MR) is 109 cm³/mol. The van der Waals surface area contributed by atoms with Crippen molar-refractivity contribution in [3.05, 3.63) is 64.1 Å². The largest absolute Gasteiger partial charge is 0.490 e. The van der Waals surface area contributed by atoms with Crippen LogP contribution in [-0.4, -0.2) is 44.4 Å². The lowest BCUT2D eigenvalue weighted by atomic mass is 9.99. The van der Waals surface area contributed by atoms with Crippen molar-refractivity contribution >= 4 is 0 Å². The van der Waals surface area contributed by atoms with Gasteiger partial charge in [-0.15, -0.1) is 0 Å². The van der Waals surface area contributed by atoms with Crippen molar-refractivity contribution in [1.29, 1.82) is 0 Å². The molecule has 0 fully saturated rings. The van der Waals surface area contributed by atoms with Gasteiger partial charge in [-0.1, -0.05) is 18.2 Å². The van der Waals surface area contributed by atoms with Gasteiger partial charge in [0.1, 0.15) is 6.67 Å². The first-order chi connectivity index (χ1) is 14.2. The van der Waals surface area contributed by atoms with Crippen LogP contribution in [0.25, 0.3) is 5.69 Å². The molecule has 0 atom stereocenters. The lowest BCUT2D eigenvalue weighted by Crippen LogP contribution is -2.36. The van der Waals surface area contributed by atoms with Crippen LogP contribution in [0.4, 0.5) is 0 Å². The molecule has 1 aliphatic rings. The zero-order valence-corrected chi connectivity index (χ0v) is 16.7. The molecule has 2 aromatic carbocycles. The summed E-state index contributed by atoms with van der Waals surface area (Å²) in [6, 6.07) is 13.4. The van der Waals surface area contributed by atoms with Gasteiger partial charge in [0.25, 0.3) is 0 Å². The van der Waals surface area contributed by atoms with Gasteiger partial charge in [0, 0.05) is 13.1 Å². The molecule has 29 heavy (non-hydrogen) atoms. The van der Waals surface area contributed by atoms with Gasteiger partial charge in [-0.2, -0.15) is 9.36 Å². The number of para-hydroxylation sites is 1. The van der Waals surface area contributed by atoms with Crippen molar-refractivity contribution in [3.63, 3.8) is 0 Å². The van der Waals surface area contributed by atoms with E-state index in [9.17, 15) is 4.79 Å². The molecule has 8 heteroatoms. The summed E-state index contributed by atoms with van der Waals surface area (Å²) in [5.41, 5.74) is 2.90. The smallest absolute Gasteiger partial charge is 0.369 e. The number of benzene rings is 2. The second-order valence-electron chi connectivity index (χ2n) is 6.89. The molecule has 0 unspecified atom stereocenters. The highest BCUT2D eigenvalue weighted by Crippen LogP contribution is 2.33. The minimum Gasteiger partial charge on any atom is -0.490 e. The number of rotatable bonds is 7. The van der Waals surface area contributed by atoms with Crippen LogP contribution in [0, 0.1) is 0 Å². The summed E-state index contributed by atoms with van der Waals surface area (Å²) in [6.07, 6.45) is 0.878. The summed E-state index contributed by atoms with van der Waals surface area (Å²) in [5, 5.41) is 8.08. The van der Waals surface area contributed by atoms with Gasteiger partial charge in [-0.25, -0.2) is 4.79 Å². The maximum absolute atomic E-state index is 12.7. The zero-order chi connectivity index (χ0) is 20.2. The van der Waals surface area contributed by atoms with Crippen LogP contribution in [0.3, 0.4) is 0 Å². The molecule has 0 spiro atoms. The van der Waals surface area contributed by atoms with Crippen LogP contribution in [0.5, 0.6) is 11.5 Å². The molecular formula is C21H25N5O3. The van der Waals surface area contributed by atoms with Crippen LogP contribution in [-0.2, 0) is 19.6 Å². The quantitative estimate of drug-likeness (QED) is 0.611. The third-order valence-corrected chi connectivity index (χ3v) is 4.93. The van der Waals surface area contributed by atoms with Crippen molar-refractivity contribution in [2.45, 2.75) is 33.5 Å². The summed E-state index contributed by atoms with van der Waals surface area (Å²) in [7, 11) is 0. The van der Waals surface area contributed by atoms with Gasteiger partial charge in [0.2, 0.25) is 0 Å². The van der Waals surface area contributed by atoms with E-state index in [1.165, 1.54) is 20.5 Å². The molecule has 8 nitrogen and oxygen atoms in total. The summed E-state index contributed by atoms with van der Waals surface area (Å²) in [6.45, 7) is 7.05. The highest BCUT2D eigenvalue weighted by atomic mass is 16.5. The van der Waals surface area contributed by atoms with E-state index in [0.29, 0.717) is 32.1 Å². The predicted octanol–water partition coefficient (Wildman–Crippen LogP) is 2.24. The fourth-order valence-electron chi connectivity index (χ4n) is 3.56. The van der Waals surface area contributed by atoms with E-state index in [1.807, 2.05) is 44.2 Å². The molecule has 0 radical (unpaired) electrons. The fourth-order valence-corrected chi connectivity index (χ4v) is 3.56. The third-order valence-electron chi connectivity index (χ3n) is 4.93. The number of fused-ring (bicyclic) bond motifs is 1. The van der Waals surface area contributed by atoms with E-state index in [4.69, 9.17) is 9.47 Å². The Balaban J connectivity index is 1.53. The topological polar surface area (TPSA) is 74.4 Å². The molecular weight excluding hydrogens is 370 g/mol. The first-order valence-electron chi connectivity index (χ1n) is 9.91. The van der Waals surface area contributed by atoms with E-state index in [-0.39, 0.29) is 5.69 Å². The maximum Gasteiger partial charge on any atom is 0.369 e. The fraction of sp³-hybridized carbons (Fsp3) is 0.381. The Morgan fingerprint density at radius 3 is 2.34 bits per heavy atom. The van der Waals surface area contributed by atoms with Crippen LogP contribution >= 0.6 is 0 Å². The monoisotopic (exact) mass is 395 g/mol. The van der Waals surface area contributed by atoms with Crippen molar-refractivity contribution in [3.8, 4) is 17.2 Å². The Bertz CT molecular complexity index is 1030. The second kappa shape index (κ2) is 8.48. The molecule has 0 amide bonds. The van der Waals surface area contributed by atoms with Crippen LogP contribution in [0.2, 0.25) is 0 Å². The summed E-state index contributed by atoms with van der Waals surface area (Å²) in [4.78, 5) is 14.9. The summed E-state index contributed by atoms with van der Waals surface area (Å²) < 4.78 is 14.2. The normalized spacial score (nSPS) is 13.9. The summed E-state index contributed by atoms with van der Waals surface area (Å²) >= 11 is 0. The zero-order valence-electron chi connectivity index (χ0n) is 16.7. The lowest BCUT2D eigenvalue weighted by molar-refractivity contribution is 0.184. The van der Waals surface area contributed by atoms with Gasteiger partial charge in [0.15, 0.2) is 11.5 Å². The standard InChI is InChI=1S/C21H25N5O3/c1-3-28-19-12-16-10-11-24(14-17(16)13-20(19)29-4-2)15-25-21(27)26(23-22-25)18-8-6-5-7-9-18/h5-9,12-13H,3-4,10-11,14-15H2,1-2H3. The third kappa shape index (κ3) is 4.02. The number of hydrogen-bond acceptors (Lipinski definition) is 6. The molecule has 2 heterocycles. The average Bonchev–Trinajstić information content (AvgIpc) is 3.10. The van der Waals surface area contributed by atoms with Gasteiger partial charge < -0.3 is 9.47 Å². The Labute approximate surface area is 169 Å². The lowest BCUT2D eigenvalue weighted by Gasteiger charge is -2.29. The summed E-state index contributed by atoms with van der Waals surface area (Å²) in [5.74, 6) is 1.56. The minimum atomic E-state index is -0.247. The van der Waals surface area contributed by atoms with Gasteiger partial charge in [-0.3, -0.25) is 4.90 Å². The molecule has 0 bridgehead atoms. The van der Waals surface area contributed by atoms with Crippen molar-refractivity contribution in [1.82, 2.24) is 24.7 Å². The van der Waals surface area contributed by atoms with E-state index in [1.54, 1.807) is 0 Å². The van der Waals surface area contributed by atoms with Crippen molar-refractivity contribution < 1.29 is 9.47 Å². The molecule has 0 aliphatic carbocycles. The molecule has 0 N–H and O–H groups in total. The van der Waals surface area contributed by atoms with E-state index in [2.05, 4.69) is 27.5 Å². The van der Waals surface area contributed by atoms with Gasteiger partial charge in [-0.05, 0) is 66.1 Å². The van der Waals surface area contributed by atoms with Gasteiger partial charge in [0.05, 0.1) is 18.9 Å². The molecule has 1 aromatic heterocycles. The maximum atomic E-state index is 12.7. The Kier molecular flexibility index (Phi) is 5.62. The SMILES string of the molecule is CCOc1cc2c(cc1OCC)CN(Cn1nnn(-c3ccccc3)c1=O)CC2. The average molecular weight is 395 g/mol. The second-order valence-corrected chi connectivity index (χ2v) is 6.89. The molecule has 3 aromatic rings. The van der Waals surface area contributed by atoms with Crippen LogP contribution in [0.1, 0.15) is 25.0 Å². The minimum absolute atomic E-state index is 0.247. The molecule has 0 saturated carbocycles.